The average molecular weight is 377 g/mol. The summed E-state index contributed by atoms with van der Waals surface area (Å²) in [5.74, 6) is -0.382. The van der Waals surface area contributed by atoms with Gasteiger partial charge in [0.2, 0.25) is 11.8 Å². The van der Waals surface area contributed by atoms with E-state index in [0.717, 1.165) is 43.7 Å². The van der Waals surface area contributed by atoms with Gasteiger partial charge in [0, 0.05) is 18.2 Å². The number of likely N-dealkylation sites (tertiary alicyclic amines) is 1. The molecule has 2 amide bonds. The van der Waals surface area contributed by atoms with Crippen molar-refractivity contribution in [3.05, 3.63) is 29.8 Å². The van der Waals surface area contributed by atoms with Gasteiger partial charge in [-0.3, -0.25) is 14.5 Å². The van der Waals surface area contributed by atoms with Gasteiger partial charge < -0.3 is 16.8 Å². The molecule has 1 fully saturated rings. The van der Waals surface area contributed by atoms with Gasteiger partial charge in [0.15, 0.2) is 0 Å². The van der Waals surface area contributed by atoms with Gasteiger partial charge in [0.25, 0.3) is 0 Å². The van der Waals surface area contributed by atoms with Crippen molar-refractivity contribution in [2.45, 2.75) is 32.4 Å². The Morgan fingerprint density at radius 3 is 2.46 bits per heavy atom. The number of nitrogens with one attached hydrogen (secondary N) is 1. The molecule has 1 saturated heterocycles. The van der Waals surface area contributed by atoms with Crippen LogP contribution in [0.25, 0.3) is 0 Å². The maximum Gasteiger partial charge on any atom is 0.240 e. The molecule has 6 nitrogen and oxygen atoms in total. The number of halogens is 2. The summed E-state index contributed by atoms with van der Waals surface area (Å²) in [4.78, 5) is 25.1. The number of primary amides is 1. The fourth-order valence-electron chi connectivity index (χ4n) is 2.64. The monoisotopic (exact) mass is 376 g/mol. The van der Waals surface area contributed by atoms with Gasteiger partial charge in [-0.25, -0.2) is 0 Å². The lowest BCUT2D eigenvalue weighted by Gasteiger charge is -2.30. The number of amides is 2. The molecular weight excluding hydrogens is 351 g/mol. The number of nitrogens with two attached hydrogens (primary N) is 2. The maximum atomic E-state index is 11.6. The molecule has 0 unspecified atom stereocenters. The van der Waals surface area contributed by atoms with Crippen molar-refractivity contribution in [1.82, 2.24) is 4.90 Å². The summed E-state index contributed by atoms with van der Waals surface area (Å²) in [5, 5.41) is 2.80. The van der Waals surface area contributed by atoms with Crippen molar-refractivity contribution in [1.29, 1.82) is 0 Å². The smallest absolute Gasteiger partial charge is 0.240 e. The average Bonchev–Trinajstić information content (AvgIpc) is 2.48. The van der Waals surface area contributed by atoms with Crippen molar-refractivity contribution >= 4 is 42.3 Å². The minimum atomic E-state index is -0.531. The van der Waals surface area contributed by atoms with Crippen LogP contribution in [-0.2, 0) is 16.1 Å². The van der Waals surface area contributed by atoms with Crippen LogP contribution in [0.15, 0.2) is 24.3 Å². The number of anilines is 1. The van der Waals surface area contributed by atoms with E-state index in [0.29, 0.717) is 0 Å². The van der Waals surface area contributed by atoms with E-state index < -0.39 is 6.04 Å². The maximum absolute atomic E-state index is 11.6. The topological polar surface area (TPSA) is 101 Å². The number of carbonyl (C=O) groups is 2. The second kappa shape index (κ2) is 10.5. The van der Waals surface area contributed by atoms with Gasteiger partial charge in [-0.05, 0) is 50.6 Å². The van der Waals surface area contributed by atoms with Crippen molar-refractivity contribution < 1.29 is 9.59 Å². The highest BCUT2D eigenvalue weighted by Crippen LogP contribution is 2.20. The van der Waals surface area contributed by atoms with Crippen LogP contribution in [0.5, 0.6) is 0 Å². The Labute approximate surface area is 155 Å². The predicted octanol–water partition coefficient (Wildman–Crippen LogP) is 1.51. The Kier molecular flexibility index (Phi) is 9.92. The molecule has 0 radical (unpaired) electrons. The fraction of sp³-hybridized carbons (Fsp3) is 0.500. The number of hydrogen-bond acceptors (Lipinski definition) is 4. The first-order valence-corrected chi connectivity index (χ1v) is 7.63. The molecule has 1 aromatic rings. The van der Waals surface area contributed by atoms with Crippen LogP contribution in [0.2, 0.25) is 0 Å². The van der Waals surface area contributed by atoms with E-state index in [2.05, 4.69) is 10.2 Å². The van der Waals surface area contributed by atoms with E-state index in [1.807, 2.05) is 24.3 Å². The van der Waals surface area contributed by atoms with Crippen LogP contribution >= 0.6 is 24.8 Å². The molecule has 0 bridgehead atoms. The largest absolute Gasteiger partial charge is 0.369 e. The van der Waals surface area contributed by atoms with Crippen molar-refractivity contribution in [3.63, 3.8) is 0 Å². The lowest BCUT2D eigenvalue weighted by atomic mass is 9.96. The molecule has 5 N–H and O–H groups in total. The van der Waals surface area contributed by atoms with Gasteiger partial charge >= 0.3 is 0 Å². The van der Waals surface area contributed by atoms with Crippen molar-refractivity contribution in [3.8, 4) is 0 Å². The summed E-state index contributed by atoms with van der Waals surface area (Å²) in [5.41, 5.74) is 12.8. The summed E-state index contributed by atoms with van der Waals surface area (Å²) in [7, 11) is 0. The second-order valence-electron chi connectivity index (χ2n) is 5.93. The third-order valence-corrected chi connectivity index (χ3v) is 4.00. The lowest BCUT2D eigenvalue weighted by Crippen LogP contribution is -2.38. The Hall–Kier alpha value is -1.34. The standard InChI is InChI=1S/C16H24N4O2.2ClH/c1-11(17)16(22)19-14-4-2-3-12(9-14)10-20-7-5-13(6-8-20)15(18)21;;/h2-4,9,11,13H,5-8,10,17H2,1H3,(H2,18,21)(H,19,22);2*1H/t11-;;/m1../s1. The number of nitrogens with zero attached hydrogens (tertiary/aromatic N) is 1. The zero-order valence-electron chi connectivity index (χ0n) is 13.7. The summed E-state index contributed by atoms with van der Waals surface area (Å²) in [6.07, 6.45) is 1.63. The van der Waals surface area contributed by atoms with Gasteiger partial charge in [-0.15, -0.1) is 24.8 Å². The molecule has 1 aliphatic rings. The van der Waals surface area contributed by atoms with Crippen molar-refractivity contribution in [2.75, 3.05) is 18.4 Å². The van der Waals surface area contributed by atoms with E-state index in [4.69, 9.17) is 11.5 Å². The molecule has 0 aromatic heterocycles. The van der Waals surface area contributed by atoms with Crippen LogP contribution in [0, 0.1) is 5.92 Å². The van der Waals surface area contributed by atoms with E-state index in [-0.39, 0.29) is 42.5 Å². The molecule has 8 heteroatoms. The van der Waals surface area contributed by atoms with E-state index in [9.17, 15) is 9.59 Å². The van der Waals surface area contributed by atoms with Gasteiger partial charge in [-0.2, -0.15) is 0 Å². The number of rotatable bonds is 5. The molecule has 2 rings (SSSR count). The van der Waals surface area contributed by atoms with E-state index in [1.54, 1.807) is 6.92 Å². The van der Waals surface area contributed by atoms with Gasteiger partial charge in [0.1, 0.15) is 0 Å². The first kappa shape index (κ1) is 22.7. The third-order valence-electron chi connectivity index (χ3n) is 4.00. The molecule has 1 aromatic carbocycles. The zero-order chi connectivity index (χ0) is 16.1. The molecule has 136 valence electrons. The molecule has 1 heterocycles. The molecule has 24 heavy (non-hydrogen) atoms. The zero-order valence-corrected chi connectivity index (χ0v) is 15.4. The summed E-state index contributed by atoms with van der Waals surface area (Å²) < 4.78 is 0. The number of piperidine rings is 1. The molecular formula is C16H26Cl2N4O2. The van der Waals surface area contributed by atoms with E-state index in [1.165, 1.54) is 0 Å². The Morgan fingerprint density at radius 1 is 1.29 bits per heavy atom. The third kappa shape index (κ3) is 6.65. The van der Waals surface area contributed by atoms with Crippen LogP contribution in [0.3, 0.4) is 0 Å². The quantitative estimate of drug-likeness (QED) is 0.724. The van der Waals surface area contributed by atoms with Crippen LogP contribution in [-0.4, -0.2) is 35.8 Å². The summed E-state index contributed by atoms with van der Waals surface area (Å²) in [6, 6.07) is 7.23. The highest BCUT2D eigenvalue weighted by Gasteiger charge is 2.22. The molecule has 0 aliphatic carbocycles. The van der Waals surface area contributed by atoms with Crippen molar-refractivity contribution in [2.24, 2.45) is 17.4 Å². The minimum absolute atomic E-state index is 0. The number of benzene rings is 1. The predicted molar refractivity (Wildman–Crippen MR) is 100 cm³/mol. The highest BCUT2D eigenvalue weighted by molar-refractivity contribution is 5.94. The van der Waals surface area contributed by atoms with Crippen LogP contribution in [0.4, 0.5) is 5.69 Å². The SMILES string of the molecule is C[C@@H](N)C(=O)Nc1cccc(CN2CCC(C(N)=O)CC2)c1.Cl.Cl. The fourth-order valence-corrected chi connectivity index (χ4v) is 2.64. The highest BCUT2D eigenvalue weighted by atomic mass is 35.5. The Balaban J connectivity index is 0.00000264. The normalized spacial score (nSPS) is 16.4. The first-order chi connectivity index (χ1) is 10.5. The Bertz CT molecular complexity index is 547. The van der Waals surface area contributed by atoms with Gasteiger partial charge in [-0.1, -0.05) is 12.1 Å². The second-order valence-corrected chi connectivity index (χ2v) is 5.93. The number of hydrogen-bond donors (Lipinski definition) is 3. The van der Waals surface area contributed by atoms with Gasteiger partial charge in [0.05, 0.1) is 6.04 Å². The lowest BCUT2D eigenvalue weighted by molar-refractivity contribution is -0.123. The molecule has 1 aliphatic heterocycles. The molecule has 0 spiro atoms. The van der Waals surface area contributed by atoms with Crippen LogP contribution < -0.4 is 16.8 Å². The van der Waals surface area contributed by atoms with Crippen LogP contribution in [0.1, 0.15) is 25.3 Å². The summed E-state index contributed by atoms with van der Waals surface area (Å²) in [6.45, 7) is 4.18. The molecule has 0 saturated carbocycles. The number of carbonyl (C=O) groups excluding carboxylic acids is 2. The summed E-state index contributed by atoms with van der Waals surface area (Å²) >= 11 is 0. The molecule has 1 atom stereocenters. The van der Waals surface area contributed by atoms with E-state index >= 15 is 0 Å². The minimum Gasteiger partial charge on any atom is -0.369 e. The first-order valence-electron chi connectivity index (χ1n) is 7.63. The Morgan fingerprint density at radius 2 is 1.92 bits per heavy atom.